The molecule has 3 rings (SSSR count). The van der Waals surface area contributed by atoms with Crippen LogP contribution in [-0.2, 0) is 17.8 Å². The van der Waals surface area contributed by atoms with Crippen LogP contribution in [0.5, 0.6) is 0 Å². The SMILES string of the molecule is CCC1CCCCN1C(=O)C1Cc2nc[nH]c2CN1. The molecule has 0 bridgehead atoms. The van der Waals surface area contributed by atoms with Gasteiger partial charge in [0.15, 0.2) is 0 Å². The van der Waals surface area contributed by atoms with Crippen molar-refractivity contribution in [3.8, 4) is 0 Å². The van der Waals surface area contributed by atoms with E-state index in [2.05, 4.69) is 27.1 Å². The van der Waals surface area contributed by atoms with Crippen molar-refractivity contribution in [2.45, 2.75) is 57.7 Å². The van der Waals surface area contributed by atoms with Crippen molar-refractivity contribution in [2.75, 3.05) is 6.54 Å². The average molecular weight is 262 g/mol. The molecule has 5 heteroatoms. The van der Waals surface area contributed by atoms with Gasteiger partial charge in [0.1, 0.15) is 0 Å². The van der Waals surface area contributed by atoms with E-state index in [1.54, 1.807) is 6.33 Å². The number of H-pyrrole nitrogens is 1. The van der Waals surface area contributed by atoms with Crippen LogP contribution in [0.2, 0.25) is 0 Å². The van der Waals surface area contributed by atoms with Gasteiger partial charge in [-0.25, -0.2) is 4.98 Å². The van der Waals surface area contributed by atoms with Crippen LogP contribution in [0.4, 0.5) is 0 Å². The van der Waals surface area contributed by atoms with E-state index in [0.29, 0.717) is 12.5 Å². The molecule has 5 nitrogen and oxygen atoms in total. The van der Waals surface area contributed by atoms with Gasteiger partial charge in [-0.3, -0.25) is 10.1 Å². The highest BCUT2D eigenvalue weighted by molar-refractivity contribution is 5.82. The predicted octanol–water partition coefficient (Wildman–Crippen LogP) is 1.22. The summed E-state index contributed by atoms with van der Waals surface area (Å²) in [6, 6.07) is 0.339. The number of carbonyl (C=O) groups excluding carboxylic acids is 1. The van der Waals surface area contributed by atoms with Crippen LogP contribution in [0.15, 0.2) is 6.33 Å². The minimum absolute atomic E-state index is 0.0945. The average Bonchev–Trinajstić information content (AvgIpc) is 2.93. The molecule has 104 valence electrons. The van der Waals surface area contributed by atoms with E-state index >= 15 is 0 Å². The van der Waals surface area contributed by atoms with E-state index in [1.165, 1.54) is 6.42 Å². The lowest BCUT2D eigenvalue weighted by Crippen LogP contribution is -2.53. The van der Waals surface area contributed by atoms with Gasteiger partial charge in [0.25, 0.3) is 0 Å². The third-order valence-electron chi connectivity index (χ3n) is 4.41. The van der Waals surface area contributed by atoms with Crippen LogP contribution >= 0.6 is 0 Å². The first-order valence-electron chi connectivity index (χ1n) is 7.34. The molecule has 2 aliphatic rings. The fourth-order valence-corrected chi connectivity index (χ4v) is 3.26. The lowest BCUT2D eigenvalue weighted by Gasteiger charge is -2.38. The highest BCUT2D eigenvalue weighted by Gasteiger charge is 2.33. The molecule has 0 spiro atoms. The fraction of sp³-hybridized carbons (Fsp3) is 0.714. The number of piperidine rings is 1. The summed E-state index contributed by atoms with van der Waals surface area (Å²) in [5.74, 6) is 0.264. The second-order valence-corrected chi connectivity index (χ2v) is 5.55. The van der Waals surface area contributed by atoms with Gasteiger partial charge in [-0.05, 0) is 25.7 Å². The summed E-state index contributed by atoms with van der Waals surface area (Å²) in [6.07, 6.45) is 7.04. The van der Waals surface area contributed by atoms with E-state index in [1.807, 2.05) is 0 Å². The molecule has 3 heterocycles. The van der Waals surface area contributed by atoms with Crippen molar-refractivity contribution >= 4 is 5.91 Å². The van der Waals surface area contributed by atoms with Gasteiger partial charge < -0.3 is 9.88 Å². The Morgan fingerprint density at radius 2 is 2.42 bits per heavy atom. The van der Waals surface area contributed by atoms with Crippen molar-refractivity contribution in [3.63, 3.8) is 0 Å². The normalized spacial score (nSPS) is 27.1. The zero-order valence-corrected chi connectivity index (χ0v) is 11.5. The Morgan fingerprint density at radius 1 is 1.53 bits per heavy atom. The van der Waals surface area contributed by atoms with Crippen LogP contribution < -0.4 is 5.32 Å². The smallest absolute Gasteiger partial charge is 0.240 e. The molecule has 2 atom stereocenters. The zero-order valence-electron chi connectivity index (χ0n) is 11.5. The summed E-state index contributed by atoms with van der Waals surface area (Å²) in [6.45, 7) is 3.82. The van der Waals surface area contributed by atoms with E-state index in [0.717, 1.165) is 43.7 Å². The Labute approximate surface area is 113 Å². The first-order valence-corrected chi connectivity index (χ1v) is 7.34. The van der Waals surface area contributed by atoms with Crippen LogP contribution in [0.3, 0.4) is 0 Å². The van der Waals surface area contributed by atoms with E-state index in [-0.39, 0.29) is 11.9 Å². The Kier molecular flexibility index (Phi) is 3.55. The molecule has 19 heavy (non-hydrogen) atoms. The van der Waals surface area contributed by atoms with Gasteiger partial charge in [-0.2, -0.15) is 0 Å². The topological polar surface area (TPSA) is 61.0 Å². The highest BCUT2D eigenvalue weighted by Crippen LogP contribution is 2.22. The second kappa shape index (κ2) is 5.33. The van der Waals surface area contributed by atoms with Crippen molar-refractivity contribution < 1.29 is 4.79 Å². The van der Waals surface area contributed by atoms with Crippen molar-refractivity contribution in [2.24, 2.45) is 0 Å². The Balaban J connectivity index is 1.70. The zero-order chi connectivity index (χ0) is 13.2. The standard InChI is InChI=1S/C14H22N4O/c1-2-10-5-3-4-6-18(10)14(19)12-7-11-13(8-15-12)17-9-16-11/h9-10,12,15H,2-8H2,1H3,(H,16,17). The Bertz CT molecular complexity index is 456. The number of carbonyl (C=O) groups is 1. The van der Waals surface area contributed by atoms with E-state index < -0.39 is 0 Å². The first kappa shape index (κ1) is 12.7. The van der Waals surface area contributed by atoms with Gasteiger partial charge in [-0.1, -0.05) is 6.92 Å². The molecule has 2 N–H and O–H groups in total. The molecule has 0 radical (unpaired) electrons. The van der Waals surface area contributed by atoms with Gasteiger partial charge in [0, 0.05) is 25.6 Å². The van der Waals surface area contributed by atoms with E-state index in [9.17, 15) is 4.79 Å². The van der Waals surface area contributed by atoms with Crippen molar-refractivity contribution in [1.29, 1.82) is 0 Å². The molecule has 0 saturated carbocycles. The monoisotopic (exact) mass is 262 g/mol. The van der Waals surface area contributed by atoms with Crippen molar-refractivity contribution in [3.05, 3.63) is 17.7 Å². The Hall–Kier alpha value is -1.36. The van der Waals surface area contributed by atoms with Crippen LogP contribution in [0.25, 0.3) is 0 Å². The first-order chi connectivity index (χ1) is 9.29. The third kappa shape index (κ3) is 2.39. The molecule has 0 aliphatic carbocycles. The number of amides is 1. The van der Waals surface area contributed by atoms with Gasteiger partial charge in [0.05, 0.1) is 23.8 Å². The lowest BCUT2D eigenvalue weighted by molar-refractivity contribution is -0.137. The molecule has 1 aromatic rings. The van der Waals surface area contributed by atoms with Crippen LogP contribution in [0, 0.1) is 0 Å². The molecule has 2 aliphatic heterocycles. The molecule has 1 amide bonds. The predicted molar refractivity (Wildman–Crippen MR) is 72.6 cm³/mol. The summed E-state index contributed by atoms with van der Waals surface area (Å²) < 4.78 is 0. The van der Waals surface area contributed by atoms with E-state index in [4.69, 9.17) is 0 Å². The van der Waals surface area contributed by atoms with Crippen LogP contribution in [-0.4, -0.2) is 39.4 Å². The number of hydrogen-bond donors (Lipinski definition) is 2. The number of fused-ring (bicyclic) bond motifs is 1. The fourth-order valence-electron chi connectivity index (χ4n) is 3.26. The number of nitrogens with zero attached hydrogens (tertiary/aromatic N) is 2. The number of imidazole rings is 1. The second-order valence-electron chi connectivity index (χ2n) is 5.55. The number of likely N-dealkylation sites (tertiary alicyclic amines) is 1. The maximum atomic E-state index is 12.7. The Morgan fingerprint density at radius 3 is 3.26 bits per heavy atom. The molecule has 0 aromatic carbocycles. The number of hydrogen-bond acceptors (Lipinski definition) is 3. The molecular formula is C14H22N4O. The summed E-state index contributed by atoms with van der Waals surface area (Å²) in [7, 11) is 0. The minimum Gasteiger partial charge on any atom is -0.347 e. The largest absolute Gasteiger partial charge is 0.347 e. The van der Waals surface area contributed by atoms with Gasteiger partial charge >= 0.3 is 0 Å². The maximum Gasteiger partial charge on any atom is 0.240 e. The minimum atomic E-state index is -0.0945. The lowest BCUT2D eigenvalue weighted by atomic mass is 9.97. The van der Waals surface area contributed by atoms with Crippen molar-refractivity contribution in [1.82, 2.24) is 20.2 Å². The van der Waals surface area contributed by atoms with Crippen LogP contribution in [0.1, 0.15) is 44.0 Å². The summed E-state index contributed by atoms with van der Waals surface area (Å²) in [5, 5.41) is 3.34. The van der Waals surface area contributed by atoms with Gasteiger partial charge in [-0.15, -0.1) is 0 Å². The number of rotatable bonds is 2. The quantitative estimate of drug-likeness (QED) is 0.842. The number of aromatic nitrogens is 2. The maximum absolute atomic E-state index is 12.7. The summed E-state index contributed by atoms with van der Waals surface area (Å²) in [5.41, 5.74) is 2.16. The number of nitrogens with one attached hydrogen (secondary N) is 2. The summed E-state index contributed by atoms with van der Waals surface area (Å²) in [4.78, 5) is 22.2. The van der Waals surface area contributed by atoms with Gasteiger partial charge in [0.2, 0.25) is 5.91 Å². The molecular weight excluding hydrogens is 240 g/mol. The highest BCUT2D eigenvalue weighted by atomic mass is 16.2. The molecule has 1 fully saturated rings. The third-order valence-corrected chi connectivity index (χ3v) is 4.41. The number of aromatic amines is 1. The molecule has 1 aromatic heterocycles. The molecule has 2 unspecified atom stereocenters. The summed E-state index contributed by atoms with van der Waals surface area (Å²) >= 11 is 0. The molecule has 1 saturated heterocycles.